The molecule has 0 heterocycles. The number of hydrogen-bond acceptors (Lipinski definition) is 7. The highest BCUT2D eigenvalue weighted by atomic mass is 16.5. The van der Waals surface area contributed by atoms with E-state index in [0.717, 1.165) is 19.3 Å². The van der Waals surface area contributed by atoms with Crippen molar-refractivity contribution in [2.24, 2.45) is 5.16 Å². The average molecular weight is 307 g/mol. The Hall–Kier alpha value is -0.730. The lowest BCUT2D eigenvalue weighted by Crippen LogP contribution is -2.46. The molecule has 0 saturated carbocycles. The zero-order valence-electron chi connectivity index (χ0n) is 12.6. The van der Waals surface area contributed by atoms with Crippen molar-refractivity contribution in [2.75, 3.05) is 13.2 Å². The molecule has 5 N–H and O–H groups in total. The molecule has 0 spiro atoms. The first-order chi connectivity index (χ1) is 10.0. The minimum absolute atomic E-state index is 0.129. The van der Waals surface area contributed by atoms with E-state index in [1.807, 2.05) is 0 Å². The molecule has 0 aromatic heterocycles. The van der Waals surface area contributed by atoms with Gasteiger partial charge in [0.15, 0.2) is 0 Å². The first kappa shape index (κ1) is 20.3. The van der Waals surface area contributed by atoms with Gasteiger partial charge in [-0.15, -0.1) is 0 Å². The largest absolute Gasteiger partial charge is 0.411 e. The second kappa shape index (κ2) is 13.0. The maximum atomic E-state index is 9.62. The maximum absolute atomic E-state index is 9.62. The Morgan fingerprint density at radius 2 is 1.57 bits per heavy atom. The van der Waals surface area contributed by atoms with Crippen molar-refractivity contribution in [2.45, 2.75) is 69.9 Å². The van der Waals surface area contributed by atoms with E-state index in [-0.39, 0.29) is 6.61 Å². The van der Waals surface area contributed by atoms with Crippen LogP contribution in [0.4, 0.5) is 0 Å². The molecule has 126 valence electrons. The molecule has 0 aliphatic heterocycles. The molecule has 0 fully saturated rings. The standard InChI is InChI=1S/C14H29NO6/c1-2-3-4-5-6-7-8-21-10-12(17)14(19)13(18)11(16)9-15-20/h9,11-14,16-20H,2-8,10H2,1H3/b15-9+/t11-,12+,13+,14-/m0/s1. The van der Waals surface area contributed by atoms with E-state index in [1.165, 1.54) is 19.3 Å². The lowest BCUT2D eigenvalue weighted by atomic mass is 10.0. The summed E-state index contributed by atoms with van der Waals surface area (Å²) in [5, 5.41) is 48.8. The Kier molecular flexibility index (Phi) is 12.5. The SMILES string of the molecule is CCCCCCCCOC[C@@H](O)[C@H](O)[C@H](O)[C@@H](O)/C=N/O. The number of aliphatic hydroxyl groups excluding tert-OH is 4. The highest BCUT2D eigenvalue weighted by Gasteiger charge is 2.29. The zero-order chi connectivity index (χ0) is 16.1. The minimum atomic E-state index is -1.64. The van der Waals surface area contributed by atoms with E-state index in [4.69, 9.17) is 9.94 Å². The summed E-state index contributed by atoms with van der Waals surface area (Å²) in [6.07, 6.45) is 1.33. The monoisotopic (exact) mass is 307 g/mol. The van der Waals surface area contributed by atoms with Crippen LogP contribution in [0.3, 0.4) is 0 Å². The van der Waals surface area contributed by atoms with Gasteiger partial charge in [-0.3, -0.25) is 0 Å². The molecule has 0 bridgehead atoms. The van der Waals surface area contributed by atoms with Crippen LogP contribution in [0.2, 0.25) is 0 Å². The van der Waals surface area contributed by atoms with Gasteiger partial charge >= 0.3 is 0 Å². The molecule has 0 aliphatic carbocycles. The number of aliphatic hydroxyl groups is 4. The molecule has 0 rings (SSSR count). The molecule has 0 unspecified atom stereocenters. The number of hydrogen-bond donors (Lipinski definition) is 5. The quantitative estimate of drug-likeness (QED) is 0.144. The van der Waals surface area contributed by atoms with Crippen LogP contribution in [0.5, 0.6) is 0 Å². The third-order valence-electron chi connectivity index (χ3n) is 3.24. The molecule has 21 heavy (non-hydrogen) atoms. The molecular weight excluding hydrogens is 278 g/mol. The molecule has 0 aliphatic rings. The fraction of sp³-hybridized carbons (Fsp3) is 0.929. The van der Waals surface area contributed by atoms with Gasteiger partial charge in [-0.25, -0.2) is 0 Å². The van der Waals surface area contributed by atoms with E-state index in [0.29, 0.717) is 12.8 Å². The molecule has 0 saturated heterocycles. The Morgan fingerprint density at radius 3 is 2.19 bits per heavy atom. The van der Waals surface area contributed by atoms with Crippen LogP contribution < -0.4 is 0 Å². The topological polar surface area (TPSA) is 123 Å². The summed E-state index contributed by atoms with van der Waals surface area (Å²) in [5.74, 6) is 0. The van der Waals surface area contributed by atoms with Crippen molar-refractivity contribution in [3.63, 3.8) is 0 Å². The molecular formula is C14H29NO6. The average Bonchev–Trinajstić information content (AvgIpc) is 2.48. The number of oxime groups is 1. The molecule has 7 nitrogen and oxygen atoms in total. The van der Waals surface area contributed by atoms with Gasteiger partial charge < -0.3 is 30.4 Å². The smallest absolute Gasteiger partial charge is 0.121 e. The Bertz CT molecular complexity index is 264. The van der Waals surface area contributed by atoms with Gasteiger partial charge in [0.05, 0.1) is 12.8 Å². The van der Waals surface area contributed by atoms with Gasteiger partial charge in [0.2, 0.25) is 0 Å². The van der Waals surface area contributed by atoms with Crippen LogP contribution in [-0.2, 0) is 4.74 Å². The summed E-state index contributed by atoms with van der Waals surface area (Å²) < 4.78 is 5.23. The fourth-order valence-electron chi connectivity index (χ4n) is 1.87. The van der Waals surface area contributed by atoms with Crippen LogP contribution in [0.25, 0.3) is 0 Å². The van der Waals surface area contributed by atoms with E-state index < -0.39 is 24.4 Å². The predicted molar refractivity (Wildman–Crippen MR) is 78.5 cm³/mol. The Morgan fingerprint density at radius 1 is 0.952 bits per heavy atom. The third-order valence-corrected chi connectivity index (χ3v) is 3.24. The van der Waals surface area contributed by atoms with Crippen molar-refractivity contribution < 1.29 is 30.4 Å². The van der Waals surface area contributed by atoms with Crippen molar-refractivity contribution >= 4 is 6.21 Å². The summed E-state index contributed by atoms with van der Waals surface area (Å²) in [4.78, 5) is 0. The van der Waals surface area contributed by atoms with Crippen molar-refractivity contribution in [1.29, 1.82) is 0 Å². The van der Waals surface area contributed by atoms with Gasteiger partial charge in [-0.05, 0) is 6.42 Å². The molecule has 0 aromatic rings. The van der Waals surface area contributed by atoms with E-state index in [1.54, 1.807) is 0 Å². The highest BCUT2D eigenvalue weighted by molar-refractivity contribution is 5.62. The van der Waals surface area contributed by atoms with E-state index in [2.05, 4.69) is 12.1 Å². The number of nitrogens with zero attached hydrogens (tertiary/aromatic N) is 1. The predicted octanol–water partition coefficient (Wildman–Crippen LogP) is 0.267. The Balaban J connectivity index is 3.70. The van der Waals surface area contributed by atoms with Crippen LogP contribution in [0.15, 0.2) is 5.16 Å². The highest BCUT2D eigenvalue weighted by Crippen LogP contribution is 2.07. The van der Waals surface area contributed by atoms with Crippen molar-refractivity contribution in [3.8, 4) is 0 Å². The fourth-order valence-corrected chi connectivity index (χ4v) is 1.87. The summed E-state index contributed by atoms with van der Waals surface area (Å²) >= 11 is 0. The molecule has 0 radical (unpaired) electrons. The maximum Gasteiger partial charge on any atom is 0.121 e. The summed E-state index contributed by atoms with van der Waals surface area (Å²) in [7, 11) is 0. The molecule has 7 heteroatoms. The van der Waals surface area contributed by atoms with E-state index >= 15 is 0 Å². The second-order valence-electron chi connectivity index (χ2n) is 5.15. The molecule has 0 amide bonds. The van der Waals surface area contributed by atoms with Crippen LogP contribution in [-0.4, -0.2) is 69.5 Å². The van der Waals surface area contributed by atoms with E-state index in [9.17, 15) is 20.4 Å². The third kappa shape index (κ3) is 9.76. The summed E-state index contributed by atoms with van der Waals surface area (Å²) in [6, 6.07) is 0. The first-order valence-electron chi connectivity index (χ1n) is 7.52. The lowest BCUT2D eigenvalue weighted by Gasteiger charge is -2.24. The summed E-state index contributed by atoms with van der Waals surface area (Å²) in [6.45, 7) is 2.51. The van der Waals surface area contributed by atoms with Gasteiger partial charge in [-0.2, -0.15) is 0 Å². The number of ether oxygens (including phenoxy) is 1. The minimum Gasteiger partial charge on any atom is -0.411 e. The van der Waals surface area contributed by atoms with Crippen LogP contribution in [0, 0.1) is 0 Å². The lowest BCUT2D eigenvalue weighted by molar-refractivity contribution is -0.109. The molecule has 0 aromatic carbocycles. The normalized spacial score (nSPS) is 17.8. The molecule has 4 atom stereocenters. The van der Waals surface area contributed by atoms with Crippen LogP contribution in [0.1, 0.15) is 45.4 Å². The van der Waals surface area contributed by atoms with Crippen molar-refractivity contribution in [1.82, 2.24) is 0 Å². The van der Waals surface area contributed by atoms with Gasteiger partial charge in [0.25, 0.3) is 0 Å². The second-order valence-corrected chi connectivity index (χ2v) is 5.15. The van der Waals surface area contributed by atoms with Gasteiger partial charge in [-0.1, -0.05) is 44.2 Å². The van der Waals surface area contributed by atoms with Crippen LogP contribution >= 0.6 is 0 Å². The Labute approximate surface area is 125 Å². The van der Waals surface area contributed by atoms with Crippen molar-refractivity contribution in [3.05, 3.63) is 0 Å². The summed E-state index contributed by atoms with van der Waals surface area (Å²) in [5.41, 5.74) is 0. The zero-order valence-corrected chi connectivity index (χ0v) is 12.6. The van der Waals surface area contributed by atoms with Gasteiger partial charge in [0.1, 0.15) is 24.4 Å². The first-order valence-corrected chi connectivity index (χ1v) is 7.52. The van der Waals surface area contributed by atoms with Gasteiger partial charge in [0, 0.05) is 6.61 Å². The number of unbranched alkanes of at least 4 members (excludes halogenated alkanes) is 5. The number of rotatable bonds is 13.